The Morgan fingerprint density at radius 3 is 2.33 bits per heavy atom. The van der Waals surface area contributed by atoms with Crippen molar-refractivity contribution in [3.05, 3.63) is 60.2 Å². The fourth-order valence-electron chi connectivity index (χ4n) is 3.27. The van der Waals surface area contributed by atoms with Crippen molar-refractivity contribution in [1.82, 2.24) is 4.90 Å². The van der Waals surface area contributed by atoms with Gasteiger partial charge in [0.05, 0.1) is 25.8 Å². The van der Waals surface area contributed by atoms with E-state index in [1.54, 1.807) is 4.90 Å². The van der Waals surface area contributed by atoms with Crippen LogP contribution in [0.2, 0.25) is 0 Å². The van der Waals surface area contributed by atoms with Gasteiger partial charge in [0, 0.05) is 18.0 Å². The van der Waals surface area contributed by atoms with Crippen LogP contribution in [-0.2, 0) is 14.4 Å². The smallest absolute Gasteiger partial charge is 0.307 e. The van der Waals surface area contributed by atoms with Crippen LogP contribution in [0, 0.1) is 0 Å². The third kappa shape index (κ3) is 4.34. The summed E-state index contributed by atoms with van der Waals surface area (Å²) < 4.78 is 4.76. The zero-order valence-corrected chi connectivity index (χ0v) is 15.4. The van der Waals surface area contributed by atoms with Gasteiger partial charge in [0.15, 0.2) is 0 Å². The summed E-state index contributed by atoms with van der Waals surface area (Å²) in [5.74, 6) is -0.485. The molecule has 6 nitrogen and oxygen atoms in total. The number of oxime groups is 1. The number of nitrogens with zero attached hydrogens (tertiary/aromatic N) is 2. The molecule has 0 aliphatic carbocycles. The molecule has 6 heteroatoms. The largest absolute Gasteiger partial charge is 0.469 e. The van der Waals surface area contributed by atoms with E-state index >= 15 is 0 Å². The average molecular weight is 366 g/mol. The van der Waals surface area contributed by atoms with E-state index in [1.165, 1.54) is 14.2 Å². The molecule has 140 valence electrons. The van der Waals surface area contributed by atoms with E-state index in [4.69, 9.17) is 9.57 Å². The van der Waals surface area contributed by atoms with Crippen LogP contribution in [0.3, 0.4) is 0 Å². The number of methoxy groups -OCH3 is 1. The number of hydrogen-bond acceptors (Lipinski definition) is 5. The van der Waals surface area contributed by atoms with Gasteiger partial charge in [-0.2, -0.15) is 0 Å². The summed E-state index contributed by atoms with van der Waals surface area (Å²) in [6.07, 6.45) is 0.629. The Hall–Kier alpha value is -3.15. The first-order valence-electron chi connectivity index (χ1n) is 8.74. The lowest BCUT2D eigenvalue weighted by Gasteiger charge is -2.23. The maximum Gasteiger partial charge on any atom is 0.307 e. The van der Waals surface area contributed by atoms with Crippen LogP contribution < -0.4 is 0 Å². The second kappa shape index (κ2) is 8.49. The molecular weight excluding hydrogens is 344 g/mol. The van der Waals surface area contributed by atoms with Gasteiger partial charge in [-0.25, -0.2) is 0 Å². The first-order chi connectivity index (χ1) is 13.1. The number of hydrogen-bond donors (Lipinski definition) is 0. The third-order valence-electron chi connectivity index (χ3n) is 4.62. The first kappa shape index (κ1) is 18.6. The van der Waals surface area contributed by atoms with Crippen molar-refractivity contribution < 1.29 is 19.2 Å². The van der Waals surface area contributed by atoms with Crippen molar-refractivity contribution >= 4 is 17.6 Å². The van der Waals surface area contributed by atoms with Crippen molar-refractivity contribution in [3.63, 3.8) is 0 Å². The molecule has 2 aromatic carbocycles. The number of rotatable bonds is 5. The predicted molar refractivity (Wildman–Crippen MR) is 102 cm³/mol. The molecule has 2 aromatic rings. The second-order valence-corrected chi connectivity index (χ2v) is 6.35. The number of amides is 1. The fourth-order valence-corrected chi connectivity index (χ4v) is 3.27. The quantitative estimate of drug-likeness (QED) is 0.602. The number of esters is 1. The summed E-state index contributed by atoms with van der Waals surface area (Å²) in [6.45, 7) is 0.342. The summed E-state index contributed by atoms with van der Waals surface area (Å²) in [6, 6.07) is 17.2. The van der Waals surface area contributed by atoms with Crippen LogP contribution in [0.15, 0.2) is 59.8 Å². The molecule has 0 N–H and O–H groups in total. The molecule has 1 aliphatic heterocycles. The Kier molecular flexibility index (Phi) is 5.86. The lowest BCUT2D eigenvalue weighted by atomic mass is 10.0. The summed E-state index contributed by atoms with van der Waals surface area (Å²) >= 11 is 0. The Balaban J connectivity index is 1.80. The number of likely N-dealkylation sites (tertiary alicyclic amines) is 1. The van der Waals surface area contributed by atoms with E-state index in [2.05, 4.69) is 5.16 Å². The highest BCUT2D eigenvalue weighted by Gasteiger charge is 2.35. The maximum absolute atomic E-state index is 13.0. The van der Waals surface area contributed by atoms with E-state index in [0.717, 1.165) is 16.8 Å². The van der Waals surface area contributed by atoms with E-state index in [1.807, 2.05) is 54.6 Å². The lowest BCUT2D eigenvalue weighted by molar-refractivity contribution is -0.141. The number of benzene rings is 2. The van der Waals surface area contributed by atoms with Gasteiger partial charge in [-0.05, 0) is 23.3 Å². The highest BCUT2D eigenvalue weighted by Crippen LogP contribution is 2.24. The van der Waals surface area contributed by atoms with Crippen molar-refractivity contribution in [2.24, 2.45) is 5.16 Å². The fraction of sp³-hybridized carbons (Fsp3) is 0.286. The molecule has 0 spiro atoms. The third-order valence-corrected chi connectivity index (χ3v) is 4.62. The number of carbonyl (C=O) groups is 2. The molecule has 0 radical (unpaired) electrons. The normalized spacial score (nSPS) is 17.8. The van der Waals surface area contributed by atoms with Gasteiger partial charge in [0.1, 0.15) is 7.11 Å². The second-order valence-electron chi connectivity index (χ2n) is 6.35. The number of ether oxygens (including phenoxy) is 1. The molecule has 1 heterocycles. The molecule has 1 unspecified atom stereocenters. The highest BCUT2D eigenvalue weighted by atomic mass is 16.6. The van der Waals surface area contributed by atoms with Crippen LogP contribution in [0.5, 0.6) is 0 Å². The predicted octanol–water partition coefficient (Wildman–Crippen LogP) is 3.13. The van der Waals surface area contributed by atoms with Crippen LogP contribution in [0.1, 0.15) is 23.2 Å². The zero-order chi connectivity index (χ0) is 19.2. The molecule has 1 fully saturated rings. The van der Waals surface area contributed by atoms with Gasteiger partial charge < -0.3 is 14.5 Å². The lowest BCUT2D eigenvalue weighted by Crippen LogP contribution is -2.37. The van der Waals surface area contributed by atoms with Crippen molar-refractivity contribution in [1.29, 1.82) is 0 Å². The van der Waals surface area contributed by atoms with Crippen molar-refractivity contribution in [3.8, 4) is 11.1 Å². The van der Waals surface area contributed by atoms with Gasteiger partial charge in [-0.15, -0.1) is 0 Å². The Bertz CT molecular complexity index is 831. The Morgan fingerprint density at radius 2 is 1.70 bits per heavy atom. The molecule has 1 aliphatic rings. The maximum atomic E-state index is 13.0. The van der Waals surface area contributed by atoms with Crippen molar-refractivity contribution in [2.75, 3.05) is 20.8 Å². The van der Waals surface area contributed by atoms with Crippen LogP contribution in [0.25, 0.3) is 11.1 Å². The standard InChI is InChI=1S/C21H22N2O4/c1-26-20(24)13-19-12-18(22-27-2)14-23(19)21(25)17-10-8-16(9-11-17)15-6-4-3-5-7-15/h3-11,19H,12-14H2,1-2H3/b22-18-. The molecule has 3 rings (SSSR count). The van der Waals surface area contributed by atoms with Gasteiger partial charge in [-0.1, -0.05) is 47.6 Å². The van der Waals surface area contributed by atoms with Gasteiger partial charge in [0.2, 0.25) is 0 Å². The minimum atomic E-state index is -0.351. The van der Waals surface area contributed by atoms with Crippen LogP contribution in [-0.4, -0.2) is 49.3 Å². The Labute approximate surface area is 158 Å². The van der Waals surface area contributed by atoms with E-state index in [-0.39, 0.29) is 24.3 Å². The van der Waals surface area contributed by atoms with Gasteiger partial charge in [-0.3, -0.25) is 9.59 Å². The molecular formula is C21H22N2O4. The summed E-state index contributed by atoms with van der Waals surface area (Å²) in [5.41, 5.74) is 3.45. The SMILES string of the molecule is CO/N=C1/CC(CC(=O)OC)N(C(=O)c2ccc(-c3ccccc3)cc2)C1. The molecule has 0 bridgehead atoms. The molecule has 1 saturated heterocycles. The monoisotopic (exact) mass is 366 g/mol. The zero-order valence-electron chi connectivity index (χ0n) is 15.4. The summed E-state index contributed by atoms with van der Waals surface area (Å²) in [4.78, 5) is 31.2. The summed E-state index contributed by atoms with van der Waals surface area (Å²) in [7, 11) is 2.81. The highest BCUT2D eigenvalue weighted by molar-refractivity contribution is 6.01. The topological polar surface area (TPSA) is 68.2 Å². The van der Waals surface area contributed by atoms with Gasteiger partial charge >= 0.3 is 5.97 Å². The molecule has 27 heavy (non-hydrogen) atoms. The molecule has 0 aromatic heterocycles. The Morgan fingerprint density at radius 1 is 1.04 bits per heavy atom. The van der Waals surface area contributed by atoms with Crippen molar-refractivity contribution in [2.45, 2.75) is 18.9 Å². The summed E-state index contributed by atoms with van der Waals surface area (Å²) in [5, 5.41) is 3.96. The minimum Gasteiger partial charge on any atom is -0.469 e. The molecule has 1 amide bonds. The first-order valence-corrected chi connectivity index (χ1v) is 8.74. The van der Waals surface area contributed by atoms with E-state index in [0.29, 0.717) is 18.5 Å². The minimum absolute atomic E-state index is 0.132. The molecule has 1 atom stereocenters. The van der Waals surface area contributed by atoms with E-state index in [9.17, 15) is 9.59 Å². The van der Waals surface area contributed by atoms with Gasteiger partial charge in [0.25, 0.3) is 5.91 Å². The molecule has 0 saturated carbocycles. The van der Waals surface area contributed by atoms with Crippen LogP contribution >= 0.6 is 0 Å². The average Bonchev–Trinajstić information content (AvgIpc) is 3.10. The number of carbonyl (C=O) groups excluding carboxylic acids is 2. The van der Waals surface area contributed by atoms with Crippen LogP contribution in [0.4, 0.5) is 0 Å². The van der Waals surface area contributed by atoms with E-state index < -0.39 is 0 Å².